The summed E-state index contributed by atoms with van der Waals surface area (Å²) in [4.78, 5) is 2.39. The molecule has 2 aliphatic rings. The second-order valence-corrected chi connectivity index (χ2v) is 5.23. The number of hydrogen-bond donors (Lipinski definition) is 1. The molecule has 3 rings (SSSR count). The maximum atomic E-state index is 6.21. The van der Waals surface area contributed by atoms with Gasteiger partial charge in [0, 0.05) is 25.2 Å². The highest BCUT2D eigenvalue weighted by Gasteiger charge is 2.29. The molecule has 1 unspecified atom stereocenters. The van der Waals surface area contributed by atoms with Crippen LogP contribution < -0.4 is 10.2 Å². The number of rotatable bonds is 3. The van der Waals surface area contributed by atoms with E-state index in [0.717, 1.165) is 24.2 Å². The van der Waals surface area contributed by atoms with Crippen molar-refractivity contribution in [1.82, 2.24) is 5.32 Å². The minimum Gasteiger partial charge on any atom is -0.369 e. The van der Waals surface area contributed by atoms with E-state index in [1.165, 1.54) is 24.9 Å². The van der Waals surface area contributed by atoms with Crippen molar-refractivity contribution in [2.45, 2.75) is 31.3 Å². The molecule has 3 heteroatoms. The summed E-state index contributed by atoms with van der Waals surface area (Å²) < 4.78 is 0. The van der Waals surface area contributed by atoms with Crippen LogP contribution in [0.2, 0.25) is 5.02 Å². The molecule has 1 aromatic carbocycles. The first kappa shape index (κ1) is 10.4. The molecule has 16 heavy (non-hydrogen) atoms. The van der Waals surface area contributed by atoms with Gasteiger partial charge in [-0.2, -0.15) is 0 Å². The highest BCUT2D eigenvalue weighted by molar-refractivity contribution is 6.33. The van der Waals surface area contributed by atoms with Crippen molar-refractivity contribution in [1.29, 1.82) is 0 Å². The van der Waals surface area contributed by atoms with Gasteiger partial charge in [-0.3, -0.25) is 0 Å². The number of anilines is 1. The van der Waals surface area contributed by atoms with Gasteiger partial charge in [-0.1, -0.05) is 23.7 Å². The van der Waals surface area contributed by atoms with Gasteiger partial charge in [0.25, 0.3) is 0 Å². The predicted molar refractivity (Wildman–Crippen MR) is 68.2 cm³/mol. The van der Waals surface area contributed by atoms with Crippen LogP contribution in [0, 0.1) is 0 Å². The summed E-state index contributed by atoms with van der Waals surface area (Å²) in [5, 5.41) is 4.56. The third kappa shape index (κ3) is 2.18. The normalized spacial score (nSPS) is 25.1. The lowest BCUT2D eigenvalue weighted by molar-refractivity contribution is 0.548. The van der Waals surface area contributed by atoms with Crippen molar-refractivity contribution in [3.05, 3.63) is 29.3 Å². The Morgan fingerprint density at radius 3 is 2.69 bits per heavy atom. The summed E-state index contributed by atoms with van der Waals surface area (Å²) in [6.45, 7) is 2.22. The van der Waals surface area contributed by atoms with Crippen molar-refractivity contribution in [3.63, 3.8) is 0 Å². The van der Waals surface area contributed by atoms with E-state index in [1.807, 2.05) is 12.1 Å². The van der Waals surface area contributed by atoms with Crippen LogP contribution in [0.25, 0.3) is 0 Å². The van der Waals surface area contributed by atoms with Crippen LogP contribution in [0.4, 0.5) is 5.69 Å². The van der Waals surface area contributed by atoms with Gasteiger partial charge in [0.05, 0.1) is 10.7 Å². The zero-order valence-corrected chi connectivity index (χ0v) is 10.1. The Morgan fingerprint density at radius 2 is 1.94 bits per heavy atom. The van der Waals surface area contributed by atoms with Gasteiger partial charge in [-0.15, -0.1) is 0 Å². The minimum atomic E-state index is 0.656. The van der Waals surface area contributed by atoms with Gasteiger partial charge in [-0.25, -0.2) is 0 Å². The Hall–Kier alpha value is -0.730. The summed E-state index contributed by atoms with van der Waals surface area (Å²) in [6.07, 6.45) is 3.97. The van der Waals surface area contributed by atoms with E-state index >= 15 is 0 Å². The van der Waals surface area contributed by atoms with Crippen LogP contribution in [0.15, 0.2) is 24.3 Å². The quantitative estimate of drug-likeness (QED) is 0.868. The minimum absolute atomic E-state index is 0.656. The number of benzene rings is 1. The Labute approximate surface area is 102 Å². The molecule has 0 bridgehead atoms. The first-order valence-corrected chi connectivity index (χ1v) is 6.46. The van der Waals surface area contributed by atoms with Gasteiger partial charge in [0.15, 0.2) is 0 Å². The first-order chi connectivity index (χ1) is 7.83. The molecular formula is C13H17ClN2. The molecule has 2 fully saturated rings. The van der Waals surface area contributed by atoms with Gasteiger partial charge >= 0.3 is 0 Å². The summed E-state index contributed by atoms with van der Waals surface area (Å²) in [7, 11) is 0. The lowest BCUT2D eigenvalue weighted by atomic mass is 10.2. The summed E-state index contributed by atoms with van der Waals surface area (Å²) >= 11 is 6.21. The molecular weight excluding hydrogens is 220 g/mol. The fourth-order valence-electron chi connectivity index (χ4n) is 2.41. The number of nitrogens with zero attached hydrogens (tertiary/aromatic N) is 1. The van der Waals surface area contributed by atoms with Crippen LogP contribution in [-0.4, -0.2) is 25.2 Å². The molecule has 86 valence electrons. The molecule has 1 aromatic rings. The van der Waals surface area contributed by atoms with E-state index in [1.54, 1.807) is 0 Å². The Balaban J connectivity index is 1.66. The van der Waals surface area contributed by atoms with Crippen LogP contribution in [0.3, 0.4) is 0 Å². The topological polar surface area (TPSA) is 15.3 Å². The molecule has 1 saturated heterocycles. The average Bonchev–Trinajstić information content (AvgIpc) is 2.97. The molecule has 1 saturated carbocycles. The largest absolute Gasteiger partial charge is 0.369 e. The van der Waals surface area contributed by atoms with E-state index in [-0.39, 0.29) is 0 Å². The lowest BCUT2D eigenvalue weighted by Crippen LogP contribution is -2.33. The first-order valence-electron chi connectivity index (χ1n) is 6.08. The zero-order chi connectivity index (χ0) is 11.0. The van der Waals surface area contributed by atoms with Crippen molar-refractivity contribution in [3.8, 4) is 0 Å². The standard InChI is InChI=1S/C13H17ClN2/c14-12-3-1-2-4-13(12)16-8-7-11(9-16)15-10-5-6-10/h1-4,10-11,15H,5-9H2. The molecule has 0 spiro atoms. The predicted octanol–water partition coefficient (Wildman–Crippen LogP) is 2.67. The van der Waals surface area contributed by atoms with Gasteiger partial charge in [0.1, 0.15) is 0 Å². The molecule has 0 aromatic heterocycles. The summed E-state index contributed by atoms with van der Waals surface area (Å²) in [6, 6.07) is 9.59. The number of para-hydroxylation sites is 1. The number of hydrogen-bond acceptors (Lipinski definition) is 2. The summed E-state index contributed by atoms with van der Waals surface area (Å²) in [5.41, 5.74) is 1.18. The SMILES string of the molecule is Clc1ccccc1N1CCC(NC2CC2)C1. The van der Waals surface area contributed by atoms with Gasteiger partial charge in [0.2, 0.25) is 0 Å². The van der Waals surface area contributed by atoms with Crippen LogP contribution in [-0.2, 0) is 0 Å². The molecule has 1 N–H and O–H groups in total. The average molecular weight is 237 g/mol. The highest BCUT2D eigenvalue weighted by atomic mass is 35.5. The zero-order valence-electron chi connectivity index (χ0n) is 9.32. The van der Waals surface area contributed by atoms with Crippen LogP contribution in [0.5, 0.6) is 0 Å². The molecule has 0 radical (unpaired) electrons. The van der Waals surface area contributed by atoms with Crippen molar-refractivity contribution >= 4 is 17.3 Å². The Kier molecular flexibility index (Phi) is 2.78. The lowest BCUT2D eigenvalue weighted by Gasteiger charge is -2.20. The highest BCUT2D eigenvalue weighted by Crippen LogP contribution is 2.29. The van der Waals surface area contributed by atoms with Crippen molar-refractivity contribution in [2.75, 3.05) is 18.0 Å². The Morgan fingerprint density at radius 1 is 1.12 bits per heavy atom. The van der Waals surface area contributed by atoms with Crippen molar-refractivity contribution < 1.29 is 0 Å². The number of nitrogens with one attached hydrogen (secondary N) is 1. The molecule has 0 amide bonds. The fraction of sp³-hybridized carbons (Fsp3) is 0.538. The number of halogens is 1. The van der Waals surface area contributed by atoms with Crippen molar-refractivity contribution in [2.24, 2.45) is 0 Å². The van der Waals surface area contributed by atoms with Gasteiger partial charge in [-0.05, 0) is 31.4 Å². The monoisotopic (exact) mass is 236 g/mol. The third-order valence-corrected chi connectivity index (χ3v) is 3.75. The van der Waals surface area contributed by atoms with E-state index in [4.69, 9.17) is 11.6 Å². The Bertz CT molecular complexity index is 376. The third-order valence-electron chi connectivity index (χ3n) is 3.43. The maximum absolute atomic E-state index is 6.21. The van der Waals surface area contributed by atoms with Crippen LogP contribution >= 0.6 is 11.6 Å². The van der Waals surface area contributed by atoms with E-state index in [9.17, 15) is 0 Å². The smallest absolute Gasteiger partial charge is 0.0639 e. The molecule has 1 atom stereocenters. The molecule has 1 heterocycles. The molecule has 1 aliphatic carbocycles. The summed E-state index contributed by atoms with van der Waals surface area (Å²) in [5.74, 6) is 0. The van der Waals surface area contributed by atoms with Crippen LogP contribution in [0.1, 0.15) is 19.3 Å². The van der Waals surface area contributed by atoms with E-state index in [2.05, 4.69) is 22.3 Å². The second-order valence-electron chi connectivity index (χ2n) is 4.82. The molecule has 2 nitrogen and oxygen atoms in total. The molecule has 1 aliphatic heterocycles. The van der Waals surface area contributed by atoms with E-state index < -0.39 is 0 Å². The second kappa shape index (κ2) is 4.27. The van der Waals surface area contributed by atoms with E-state index in [0.29, 0.717) is 6.04 Å². The fourth-order valence-corrected chi connectivity index (χ4v) is 2.66. The maximum Gasteiger partial charge on any atom is 0.0639 e. The van der Waals surface area contributed by atoms with Gasteiger partial charge < -0.3 is 10.2 Å².